The van der Waals surface area contributed by atoms with Gasteiger partial charge < -0.3 is 14.4 Å². The number of benzene rings is 3. The van der Waals surface area contributed by atoms with Gasteiger partial charge in [0.1, 0.15) is 0 Å². The fraction of sp³-hybridized carbons (Fsp3) is 0.333. The van der Waals surface area contributed by atoms with E-state index in [1.54, 1.807) is 6.07 Å². The minimum Gasteiger partial charge on any atom is -0.493 e. The van der Waals surface area contributed by atoms with Gasteiger partial charge in [-0.1, -0.05) is 36.4 Å². The minimum absolute atomic E-state index is 0.116. The molecule has 3 aromatic rings. The summed E-state index contributed by atoms with van der Waals surface area (Å²) >= 11 is 0. The number of nitrogens with zero attached hydrogens (tertiary/aromatic N) is 2. The lowest BCUT2D eigenvalue weighted by Gasteiger charge is -2.36. The van der Waals surface area contributed by atoms with Crippen molar-refractivity contribution < 1.29 is 17.9 Å². The van der Waals surface area contributed by atoms with E-state index >= 15 is 0 Å². The molecule has 1 atom stereocenters. The van der Waals surface area contributed by atoms with Gasteiger partial charge in [0.15, 0.2) is 11.5 Å². The SMILES string of the molecule is COc1ccc(S(=O)(=O)NC[C@@H](c2ccc(N(C)C)cc2)N2CCc3ccccc3C2)cc1OC. The normalized spacial score (nSPS) is 14.7. The molecule has 0 aliphatic carbocycles. The van der Waals surface area contributed by atoms with E-state index < -0.39 is 10.0 Å². The number of fused-ring (bicyclic) bond motifs is 1. The zero-order valence-corrected chi connectivity index (χ0v) is 21.5. The quantitative estimate of drug-likeness (QED) is 0.486. The number of ether oxygens (including phenoxy) is 2. The summed E-state index contributed by atoms with van der Waals surface area (Å²) < 4.78 is 39.8. The summed E-state index contributed by atoms with van der Waals surface area (Å²) in [6.45, 7) is 1.88. The molecule has 8 heteroatoms. The van der Waals surface area contributed by atoms with E-state index in [1.165, 1.54) is 37.5 Å². The number of hydrogen-bond donors (Lipinski definition) is 1. The van der Waals surface area contributed by atoms with Crippen molar-refractivity contribution in [3.8, 4) is 11.5 Å². The van der Waals surface area contributed by atoms with Crippen LogP contribution in [0.25, 0.3) is 0 Å². The van der Waals surface area contributed by atoms with Crippen LogP contribution in [0.3, 0.4) is 0 Å². The molecule has 0 radical (unpaired) electrons. The largest absolute Gasteiger partial charge is 0.493 e. The maximum Gasteiger partial charge on any atom is 0.240 e. The molecule has 0 aromatic heterocycles. The summed E-state index contributed by atoms with van der Waals surface area (Å²) in [5.41, 5.74) is 4.82. The van der Waals surface area contributed by atoms with E-state index in [-0.39, 0.29) is 17.5 Å². The van der Waals surface area contributed by atoms with E-state index in [9.17, 15) is 8.42 Å². The van der Waals surface area contributed by atoms with Crippen molar-refractivity contribution in [2.45, 2.75) is 23.9 Å². The number of nitrogens with one attached hydrogen (secondary N) is 1. The maximum atomic E-state index is 13.2. The van der Waals surface area contributed by atoms with Crippen LogP contribution in [-0.2, 0) is 23.0 Å². The number of methoxy groups -OCH3 is 2. The lowest BCUT2D eigenvalue weighted by atomic mass is 9.96. The van der Waals surface area contributed by atoms with Gasteiger partial charge in [-0.2, -0.15) is 0 Å². The summed E-state index contributed by atoms with van der Waals surface area (Å²) in [5.74, 6) is 0.858. The fourth-order valence-electron chi connectivity index (χ4n) is 4.49. The monoisotopic (exact) mass is 495 g/mol. The van der Waals surface area contributed by atoms with Crippen molar-refractivity contribution in [3.63, 3.8) is 0 Å². The van der Waals surface area contributed by atoms with Gasteiger partial charge in [0.2, 0.25) is 10.0 Å². The van der Waals surface area contributed by atoms with Crippen molar-refractivity contribution in [1.82, 2.24) is 9.62 Å². The lowest BCUT2D eigenvalue weighted by Crippen LogP contribution is -2.40. The Labute approximate surface area is 208 Å². The highest BCUT2D eigenvalue weighted by atomic mass is 32.2. The Kier molecular flexibility index (Phi) is 7.64. The van der Waals surface area contributed by atoms with Gasteiger partial charge >= 0.3 is 0 Å². The number of rotatable bonds is 9. The lowest BCUT2D eigenvalue weighted by molar-refractivity contribution is 0.180. The van der Waals surface area contributed by atoms with Crippen LogP contribution in [0.15, 0.2) is 71.6 Å². The molecule has 0 fully saturated rings. The fourth-order valence-corrected chi connectivity index (χ4v) is 5.54. The third-order valence-electron chi connectivity index (χ3n) is 6.53. The highest BCUT2D eigenvalue weighted by Crippen LogP contribution is 2.31. The van der Waals surface area contributed by atoms with Crippen LogP contribution in [0, 0.1) is 0 Å². The Morgan fingerprint density at radius 3 is 2.29 bits per heavy atom. The summed E-state index contributed by atoms with van der Waals surface area (Å²) in [4.78, 5) is 4.54. The Balaban J connectivity index is 1.60. The summed E-state index contributed by atoms with van der Waals surface area (Å²) in [7, 11) is 3.26. The first-order valence-electron chi connectivity index (χ1n) is 11.6. The van der Waals surface area contributed by atoms with E-state index in [1.807, 2.05) is 14.1 Å². The predicted octanol–water partition coefficient (Wildman–Crippen LogP) is 3.85. The Morgan fingerprint density at radius 2 is 1.63 bits per heavy atom. The molecule has 186 valence electrons. The van der Waals surface area contributed by atoms with Crippen molar-refractivity contribution in [3.05, 3.63) is 83.4 Å². The summed E-state index contributed by atoms with van der Waals surface area (Å²) in [5, 5.41) is 0. The average Bonchev–Trinajstić information content (AvgIpc) is 2.88. The Bertz CT molecular complexity index is 1260. The molecule has 1 aliphatic heterocycles. The van der Waals surface area contributed by atoms with Gasteiger partial charge in [0.25, 0.3) is 0 Å². The molecule has 3 aromatic carbocycles. The third kappa shape index (κ3) is 5.61. The van der Waals surface area contributed by atoms with E-state index in [2.05, 4.69) is 63.1 Å². The molecule has 1 N–H and O–H groups in total. The van der Waals surface area contributed by atoms with Gasteiger partial charge in [-0.15, -0.1) is 0 Å². The maximum absolute atomic E-state index is 13.2. The molecule has 1 aliphatic rings. The van der Waals surface area contributed by atoms with Crippen molar-refractivity contribution in [2.24, 2.45) is 0 Å². The minimum atomic E-state index is -3.76. The van der Waals surface area contributed by atoms with Crippen LogP contribution < -0.4 is 19.1 Å². The molecule has 0 amide bonds. The first-order chi connectivity index (χ1) is 16.8. The predicted molar refractivity (Wildman–Crippen MR) is 139 cm³/mol. The van der Waals surface area contributed by atoms with E-state index in [4.69, 9.17) is 9.47 Å². The van der Waals surface area contributed by atoms with Gasteiger partial charge in [0.05, 0.1) is 19.1 Å². The smallest absolute Gasteiger partial charge is 0.240 e. The van der Waals surface area contributed by atoms with E-state index in [0.717, 1.165) is 30.8 Å². The van der Waals surface area contributed by atoms with Gasteiger partial charge in [-0.3, -0.25) is 4.90 Å². The highest BCUT2D eigenvalue weighted by Gasteiger charge is 2.27. The van der Waals surface area contributed by atoms with Gasteiger partial charge in [0, 0.05) is 51.5 Å². The second-order valence-electron chi connectivity index (χ2n) is 8.86. The molecule has 35 heavy (non-hydrogen) atoms. The second kappa shape index (κ2) is 10.7. The molecule has 4 rings (SSSR count). The molecular weight excluding hydrogens is 462 g/mol. The number of hydrogen-bond acceptors (Lipinski definition) is 6. The molecule has 0 saturated carbocycles. The molecule has 0 bridgehead atoms. The second-order valence-corrected chi connectivity index (χ2v) is 10.6. The molecule has 0 spiro atoms. The first-order valence-corrected chi connectivity index (χ1v) is 13.1. The number of sulfonamides is 1. The number of anilines is 1. The zero-order valence-electron chi connectivity index (χ0n) is 20.7. The van der Waals surface area contributed by atoms with Crippen LogP contribution in [0.5, 0.6) is 11.5 Å². The van der Waals surface area contributed by atoms with Crippen LogP contribution in [-0.4, -0.2) is 54.7 Å². The zero-order chi connectivity index (χ0) is 25.0. The molecule has 1 heterocycles. The van der Waals surface area contributed by atoms with Crippen molar-refractivity contribution in [1.29, 1.82) is 0 Å². The highest BCUT2D eigenvalue weighted by molar-refractivity contribution is 7.89. The summed E-state index contributed by atoms with van der Waals surface area (Å²) in [6, 6.07) is 21.3. The Hall–Kier alpha value is -3.07. The molecular formula is C27H33N3O4S. The average molecular weight is 496 g/mol. The van der Waals surface area contributed by atoms with Crippen LogP contribution in [0.4, 0.5) is 5.69 Å². The first kappa shape index (κ1) is 25.0. The summed E-state index contributed by atoms with van der Waals surface area (Å²) in [6.07, 6.45) is 0.935. The van der Waals surface area contributed by atoms with E-state index in [0.29, 0.717) is 11.5 Å². The van der Waals surface area contributed by atoms with Gasteiger partial charge in [-0.25, -0.2) is 13.1 Å². The molecule has 0 saturated heterocycles. The third-order valence-corrected chi connectivity index (χ3v) is 7.95. The standard InChI is InChI=1S/C27H33N3O4S/c1-29(2)23-11-9-21(10-12-23)25(30-16-15-20-7-5-6-8-22(20)19-30)18-28-35(31,32)24-13-14-26(33-3)27(17-24)34-4/h5-14,17,25,28H,15-16,18-19H2,1-4H3/t25-/m0/s1. The van der Waals surface area contributed by atoms with Crippen molar-refractivity contribution in [2.75, 3.05) is 46.3 Å². The van der Waals surface area contributed by atoms with Crippen LogP contribution in [0.1, 0.15) is 22.7 Å². The van der Waals surface area contributed by atoms with Gasteiger partial charge in [-0.05, 0) is 47.4 Å². The van der Waals surface area contributed by atoms with Crippen LogP contribution in [0.2, 0.25) is 0 Å². The van der Waals surface area contributed by atoms with Crippen molar-refractivity contribution >= 4 is 15.7 Å². The Morgan fingerprint density at radius 1 is 0.943 bits per heavy atom. The topological polar surface area (TPSA) is 71.1 Å². The molecule has 0 unspecified atom stereocenters. The molecule has 7 nitrogen and oxygen atoms in total. The van der Waals surface area contributed by atoms with Crippen LogP contribution >= 0.6 is 0 Å².